The maximum absolute atomic E-state index is 12.4. The Morgan fingerprint density at radius 3 is 2.72 bits per heavy atom. The molecule has 1 spiro atoms. The van der Waals surface area contributed by atoms with Crippen LogP contribution >= 0.6 is 0 Å². The van der Waals surface area contributed by atoms with E-state index in [4.69, 9.17) is 4.74 Å². The summed E-state index contributed by atoms with van der Waals surface area (Å²) in [5, 5.41) is 9.92. The molecule has 140 valence electrons. The molecule has 1 unspecified atom stereocenters. The molecule has 25 heavy (non-hydrogen) atoms. The summed E-state index contributed by atoms with van der Waals surface area (Å²) in [6.07, 6.45) is 4.70. The minimum atomic E-state index is -0.476. The van der Waals surface area contributed by atoms with Crippen LogP contribution in [0, 0.1) is 12.3 Å². The summed E-state index contributed by atoms with van der Waals surface area (Å²) in [7, 11) is 1.54. The predicted molar refractivity (Wildman–Crippen MR) is 94.0 cm³/mol. The Labute approximate surface area is 149 Å². The van der Waals surface area contributed by atoms with E-state index >= 15 is 0 Å². The molecular formula is C18H30N4O3. The lowest BCUT2D eigenvalue weighted by Gasteiger charge is -2.39. The van der Waals surface area contributed by atoms with Gasteiger partial charge in [0.15, 0.2) is 0 Å². The Morgan fingerprint density at radius 2 is 2.16 bits per heavy atom. The molecule has 1 aromatic heterocycles. The van der Waals surface area contributed by atoms with Crippen LogP contribution in [0.1, 0.15) is 37.6 Å². The third-order valence-corrected chi connectivity index (χ3v) is 6.03. The number of piperidine rings is 1. The van der Waals surface area contributed by atoms with Gasteiger partial charge in [-0.25, -0.2) is 4.98 Å². The van der Waals surface area contributed by atoms with Crippen molar-refractivity contribution in [1.82, 2.24) is 19.8 Å². The number of aliphatic hydroxyl groups excluding tert-OH is 1. The van der Waals surface area contributed by atoms with Gasteiger partial charge in [0.1, 0.15) is 6.61 Å². The first-order chi connectivity index (χ1) is 11.9. The highest BCUT2D eigenvalue weighted by Gasteiger charge is 2.52. The number of nitrogens with zero attached hydrogens (tertiary/aromatic N) is 3. The minimum absolute atomic E-state index is 0.000380. The smallest absolute Gasteiger partial charge is 0.249 e. The zero-order valence-corrected chi connectivity index (χ0v) is 15.5. The van der Waals surface area contributed by atoms with Crippen molar-refractivity contribution in [3.8, 4) is 0 Å². The van der Waals surface area contributed by atoms with Crippen molar-refractivity contribution in [3.05, 3.63) is 17.7 Å². The monoisotopic (exact) mass is 350 g/mol. The van der Waals surface area contributed by atoms with E-state index in [9.17, 15) is 9.90 Å². The quantitative estimate of drug-likeness (QED) is 0.826. The van der Waals surface area contributed by atoms with Crippen molar-refractivity contribution in [2.75, 3.05) is 40.0 Å². The van der Waals surface area contributed by atoms with Crippen molar-refractivity contribution in [3.63, 3.8) is 0 Å². The summed E-state index contributed by atoms with van der Waals surface area (Å²) in [5.41, 5.74) is 1.87. The predicted octanol–water partition coefficient (Wildman–Crippen LogP) is 0.930. The molecule has 1 atom stereocenters. The molecule has 0 aromatic carbocycles. The maximum atomic E-state index is 12.4. The van der Waals surface area contributed by atoms with Crippen LogP contribution in [0.2, 0.25) is 0 Å². The Balaban J connectivity index is 1.64. The normalized spacial score (nSPS) is 26.5. The summed E-state index contributed by atoms with van der Waals surface area (Å²) in [5.74, 6) is -0.0227. The SMILES string of the molecule is COCC(=O)N1CC2(CCN(Cc3nc[nH]c3C)CC2)CC1(C)CO. The van der Waals surface area contributed by atoms with Gasteiger partial charge in [-0.05, 0) is 51.6 Å². The summed E-state index contributed by atoms with van der Waals surface area (Å²) in [4.78, 5) is 24.2. The average Bonchev–Trinajstić information content (AvgIpc) is 3.12. The van der Waals surface area contributed by atoms with E-state index in [0.29, 0.717) is 0 Å². The molecule has 2 saturated heterocycles. The molecule has 0 radical (unpaired) electrons. The van der Waals surface area contributed by atoms with Gasteiger partial charge in [0.25, 0.3) is 0 Å². The Morgan fingerprint density at radius 1 is 1.44 bits per heavy atom. The summed E-state index contributed by atoms with van der Waals surface area (Å²) in [6.45, 7) is 7.72. The lowest BCUT2D eigenvalue weighted by Crippen LogP contribution is -2.49. The van der Waals surface area contributed by atoms with E-state index < -0.39 is 5.54 Å². The second-order valence-electron chi connectivity index (χ2n) is 8.00. The number of amides is 1. The number of H-pyrrole nitrogens is 1. The number of aliphatic hydroxyl groups is 1. The van der Waals surface area contributed by atoms with Crippen LogP contribution in [0.3, 0.4) is 0 Å². The zero-order chi connectivity index (χ0) is 18.1. The number of nitrogens with one attached hydrogen (secondary N) is 1. The number of likely N-dealkylation sites (tertiary alicyclic amines) is 2. The standard InChI is InChI=1S/C18H30N4O3/c1-14-15(20-13-19-14)8-21-6-4-18(5-7-21)10-17(2,12-23)22(11-18)16(24)9-25-3/h13,23H,4-12H2,1-3H3,(H,19,20). The van der Waals surface area contributed by atoms with Crippen LogP contribution in [0.25, 0.3) is 0 Å². The van der Waals surface area contributed by atoms with Gasteiger partial charge in [-0.1, -0.05) is 0 Å². The number of hydrogen-bond donors (Lipinski definition) is 2. The van der Waals surface area contributed by atoms with Crippen LogP contribution in [-0.4, -0.2) is 76.3 Å². The van der Waals surface area contributed by atoms with Gasteiger partial charge < -0.3 is 19.7 Å². The summed E-state index contributed by atoms with van der Waals surface area (Å²) >= 11 is 0. The highest BCUT2D eigenvalue weighted by atomic mass is 16.5. The van der Waals surface area contributed by atoms with Crippen LogP contribution < -0.4 is 0 Å². The minimum Gasteiger partial charge on any atom is -0.394 e. The topological polar surface area (TPSA) is 81.7 Å². The van der Waals surface area contributed by atoms with E-state index in [1.807, 2.05) is 11.8 Å². The number of carbonyl (C=O) groups excluding carboxylic acids is 1. The molecule has 3 heterocycles. The van der Waals surface area contributed by atoms with E-state index in [0.717, 1.165) is 56.8 Å². The molecule has 7 heteroatoms. The molecule has 7 nitrogen and oxygen atoms in total. The zero-order valence-electron chi connectivity index (χ0n) is 15.5. The second kappa shape index (κ2) is 7.05. The molecule has 2 aliphatic rings. The fourth-order valence-electron chi connectivity index (χ4n) is 4.50. The number of aromatic nitrogens is 2. The van der Waals surface area contributed by atoms with Crippen LogP contribution in [-0.2, 0) is 16.1 Å². The van der Waals surface area contributed by atoms with Gasteiger partial charge in [0.05, 0.1) is 24.2 Å². The highest BCUT2D eigenvalue weighted by molar-refractivity contribution is 5.78. The lowest BCUT2D eigenvalue weighted by molar-refractivity contribution is -0.140. The first kappa shape index (κ1) is 18.4. The third-order valence-electron chi connectivity index (χ3n) is 6.03. The van der Waals surface area contributed by atoms with E-state index in [1.165, 1.54) is 7.11 Å². The molecule has 1 amide bonds. The number of imidazole rings is 1. The van der Waals surface area contributed by atoms with Crippen molar-refractivity contribution in [2.45, 2.75) is 45.2 Å². The molecule has 0 bridgehead atoms. The number of aryl methyl sites for hydroxylation is 1. The molecule has 2 N–H and O–H groups in total. The molecule has 0 aliphatic carbocycles. The molecule has 2 fully saturated rings. The highest BCUT2D eigenvalue weighted by Crippen LogP contribution is 2.48. The average molecular weight is 350 g/mol. The number of ether oxygens (including phenoxy) is 1. The summed E-state index contributed by atoms with van der Waals surface area (Å²) in [6, 6.07) is 0. The third kappa shape index (κ3) is 3.59. The number of hydrogen-bond acceptors (Lipinski definition) is 5. The van der Waals surface area contributed by atoms with Crippen LogP contribution in [0.15, 0.2) is 6.33 Å². The van der Waals surface area contributed by atoms with E-state index in [-0.39, 0.29) is 24.5 Å². The number of rotatable bonds is 5. The first-order valence-electron chi connectivity index (χ1n) is 9.03. The first-order valence-corrected chi connectivity index (χ1v) is 9.03. The number of aromatic amines is 1. The van der Waals surface area contributed by atoms with Crippen molar-refractivity contribution in [1.29, 1.82) is 0 Å². The molecular weight excluding hydrogens is 320 g/mol. The van der Waals surface area contributed by atoms with Crippen molar-refractivity contribution >= 4 is 5.91 Å². The fraction of sp³-hybridized carbons (Fsp3) is 0.778. The van der Waals surface area contributed by atoms with E-state index in [2.05, 4.69) is 21.8 Å². The van der Waals surface area contributed by atoms with Crippen molar-refractivity contribution in [2.24, 2.45) is 5.41 Å². The van der Waals surface area contributed by atoms with Crippen LogP contribution in [0.4, 0.5) is 0 Å². The van der Waals surface area contributed by atoms with Crippen molar-refractivity contribution < 1.29 is 14.6 Å². The Kier molecular flexibility index (Phi) is 5.18. The van der Waals surface area contributed by atoms with Gasteiger partial charge in [0, 0.05) is 25.9 Å². The van der Waals surface area contributed by atoms with Gasteiger partial charge in [-0.2, -0.15) is 0 Å². The number of carbonyl (C=O) groups is 1. The lowest BCUT2D eigenvalue weighted by atomic mass is 9.74. The molecule has 2 aliphatic heterocycles. The summed E-state index contributed by atoms with van der Waals surface area (Å²) < 4.78 is 5.03. The number of methoxy groups -OCH3 is 1. The Bertz CT molecular complexity index is 609. The molecule has 0 saturated carbocycles. The van der Waals surface area contributed by atoms with Gasteiger partial charge in [0.2, 0.25) is 5.91 Å². The maximum Gasteiger partial charge on any atom is 0.249 e. The largest absolute Gasteiger partial charge is 0.394 e. The second-order valence-corrected chi connectivity index (χ2v) is 8.00. The molecule has 3 rings (SSSR count). The Hall–Kier alpha value is -1.44. The fourth-order valence-corrected chi connectivity index (χ4v) is 4.50. The van der Waals surface area contributed by atoms with Crippen LogP contribution in [0.5, 0.6) is 0 Å². The molecule has 1 aromatic rings. The van der Waals surface area contributed by atoms with Gasteiger partial charge in [-0.3, -0.25) is 9.69 Å². The van der Waals surface area contributed by atoms with Gasteiger partial charge in [-0.15, -0.1) is 0 Å². The van der Waals surface area contributed by atoms with E-state index in [1.54, 1.807) is 6.33 Å². The van der Waals surface area contributed by atoms with Gasteiger partial charge >= 0.3 is 0 Å².